The minimum Gasteiger partial charge on any atom is -0.354 e. The van der Waals surface area contributed by atoms with Crippen LogP contribution in [-0.4, -0.2) is 44.0 Å². The van der Waals surface area contributed by atoms with Gasteiger partial charge in [0.05, 0.1) is 12.0 Å². The van der Waals surface area contributed by atoms with E-state index in [9.17, 15) is 4.79 Å². The molecule has 4 rings (SSSR count). The molecule has 8 nitrogen and oxygen atoms in total. The molecule has 2 aromatic heterocycles. The first-order valence-electron chi connectivity index (χ1n) is 9.50. The van der Waals surface area contributed by atoms with E-state index in [2.05, 4.69) is 30.5 Å². The fourth-order valence-corrected chi connectivity index (χ4v) is 3.49. The SMILES string of the molecule is C[C@H](NC(=O)[C@H]1CCCN(c2ccc(-n3cncn3)nn2)C1)c1ccccc1. The lowest BCUT2D eigenvalue weighted by Crippen LogP contribution is -2.44. The standard InChI is InChI=1S/C20H23N7O/c1-15(16-6-3-2-4-7-16)23-20(28)17-8-5-11-26(12-17)18-9-10-19(25-24-18)27-14-21-13-22-27/h2-4,6-7,9-10,13-15,17H,5,8,11-12H2,1H3,(H,23,28)/t15-,17-/m0/s1. The van der Waals surface area contributed by atoms with Crippen molar-refractivity contribution in [3.63, 3.8) is 0 Å². The molecule has 8 heteroatoms. The lowest BCUT2D eigenvalue weighted by molar-refractivity contribution is -0.125. The molecule has 0 spiro atoms. The highest BCUT2D eigenvalue weighted by Gasteiger charge is 2.27. The van der Waals surface area contributed by atoms with Crippen LogP contribution in [0.1, 0.15) is 31.4 Å². The summed E-state index contributed by atoms with van der Waals surface area (Å²) >= 11 is 0. The zero-order valence-corrected chi connectivity index (χ0v) is 15.8. The monoisotopic (exact) mass is 377 g/mol. The van der Waals surface area contributed by atoms with Crippen molar-refractivity contribution >= 4 is 11.7 Å². The quantitative estimate of drug-likeness (QED) is 0.733. The van der Waals surface area contributed by atoms with Crippen molar-refractivity contribution in [3.8, 4) is 5.82 Å². The van der Waals surface area contributed by atoms with Crippen LogP contribution in [0.4, 0.5) is 5.82 Å². The normalized spacial score (nSPS) is 17.9. The predicted octanol–water partition coefficient (Wildman–Crippen LogP) is 2.15. The summed E-state index contributed by atoms with van der Waals surface area (Å²) in [7, 11) is 0. The van der Waals surface area contributed by atoms with Gasteiger partial charge in [-0.1, -0.05) is 30.3 Å². The lowest BCUT2D eigenvalue weighted by Gasteiger charge is -2.33. The highest BCUT2D eigenvalue weighted by Crippen LogP contribution is 2.23. The molecule has 0 bridgehead atoms. The lowest BCUT2D eigenvalue weighted by atomic mass is 9.96. The number of amides is 1. The number of hydrogen-bond donors (Lipinski definition) is 1. The second-order valence-electron chi connectivity index (χ2n) is 7.02. The third-order valence-electron chi connectivity index (χ3n) is 5.06. The van der Waals surface area contributed by atoms with Crippen LogP contribution in [0, 0.1) is 5.92 Å². The third kappa shape index (κ3) is 4.00. The minimum absolute atomic E-state index is 0.00849. The molecule has 1 N–H and O–H groups in total. The van der Waals surface area contributed by atoms with Crippen LogP contribution in [0.5, 0.6) is 0 Å². The summed E-state index contributed by atoms with van der Waals surface area (Å²) in [5.74, 6) is 1.42. The van der Waals surface area contributed by atoms with Crippen molar-refractivity contribution in [2.45, 2.75) is 25.8 Å². The Morgan fingerprint density at radius 3 is 2.64 bits per heavy atom. The molecule has 0 aliphatic carbocycles. The zero-order valence-electron chi connectivity index (χ0n) is 15.8. The van der Waals surface area contributed by atoms with Crippen LogP contribution in [0.2, 0.25) is 0 Å². The zero-order chi connectivity index (χ0) is 19.3. The van der Waals surface area contributed by atoms with Crippen molar-refractivity contribution in [1.82, 2.24) is 30.3 Å². The summed E-state index contributed by atoms with van der Waals surface area (Å²) < 4.78 is 1.56. The highest BCUT2D eigenvalue weighted by atomic mass is 16.2. The molecule has 2 atom stereocenters. The van der Waals surface area contributed by atoms with Crippen molar-refractivity contribution in [2.24, 2.45) is 5.92 Å². The van der Waals surface area contributed by atoms with E-state index in [0.717, 1.165) is 30.8 Å². The Bertz CT molecular complexity index is 896. The Morgan fingerprint density at radius 2 is 1.93 bits per heavy atom. The van der Waals surface area contributed by atoms with Gasteiger partial charge in [-0.25, -0.2) is 9.67 Å². The average molecular weight is 377 g/mol. The van der Waals surface area contributed by atoms with Gasteiger partial charge in [0, 0.05) is 13.1 Å². The van der Waals surface area contributed by atoms with E-state index >= 15 is 0 Å². The molecule has 1 aromatic carbocycles. The second kappa shape index (κ2) is 8.16. The molecule has 1 amide bonds. The first-order chi connectivity index (χ1) is 13.7. The largest absolute Gasteiger partial charge is 0.354 e. The Balaban J connectivity index is 1.39. The maximum absolute atomic E-state index is 12.8. The molecular formula is C20H23N7O. The van der Waals surface area contributed by atoms with Crippen molar-refractivity contribution in [1.29, 1.82) is 0 Å². The van der Waals surface area contributed by atoms with Gasteiger partial charge in [0.1, 0.15) is 12.7 Å². The Morgan fingerprint density at radius 1 is 1.14 bits per heavy atom. The van der Waals surface area contributed by atoms with E-state index in [1.54, 1.807) is 11.0 Å². The molecule has 0 radical (unpaired) electrons. The van der Waals surface area contributed by atoms with Crippen molar-refractivity contribution in [2.75, 3.05) is 18.0 Å². The summed E-state index contributed by atoms with van der Waals surface area (Å²) in [6.07, 6.45) is 4.87. The molecule has 3 heterocycles. The maximum atomic E-state index is 12.8. The summed E-state index contributed by atoms with van der Waals surface area (Å²) in [4.78, 5) is 18.8. The molecular weight excluding hydrogens is 354 g/mol. The van der Waals surface area contributed by atoms with Crippen molar-refractivity contribution < 1.29 is 4.79 Å². The number of aromatic nitrogens is 5. The first kappa shape index (κ1) is 18.1. The molecule has 3 aromatic rings. The Hall–Kier alpha value is -3.29. The smallest absolute Gasteiger partial charge is 0.225 e. The van der Waals surface area contributed by atoms with E-state index in [4.69, 9.17) is 0 Å². The highest BCUT2D eigenvalue weighted by molar-refractivity contribution is 5.80. The molecule has 1 aliphatic rings. The van der Waals surface area contributed by atoms with E-state index in [1.807, 2.05) is 49.4 Å². The molecule has 28 heavy (non-hydrogen) atoms. The van der Waals surface area contributed by atoms with Gasteiger partial charge >= 0.3 is 0 Å². The number of hydrogen-bond acceptors (Lipinski definition) is 6. The third-order valence-corrected chi connectivity index (χ3v) is 5.06. The van der Waals surface area contributed by atoms with E-state index in [-0.39, 0.29) is 17.9 Å². The van der Waals surface area contributed by atoms with Crippen LogP contribution in [0.25, 0.3) is 5.82 Å². The maximum Gasteiger partial charge on any atom is 0.225 e. The van der Waals surface area contributed by atoms with Crippen LogP contribution >= 0.6 is 0 Å². The molecule has 1 aliphatic heterocycles. The number of benzene rings is 1. The predicted molar refractivity (Wildman–Crippen MR) is 105 cm³/mol. The number of carbonyl (C=O) groups excluding carboxylic acids is 1. The fraction of sp³-hybridized carbons (Fsp3) is 0.350. The number of anilines is 1. The van der Waals surface area contributed by atoms with Gasteiger partial charge in [-0.2, -0.15) is 5.10 Å². The minimum atomic E-state index is -0.0586. The van der Waals surface area contributed by atoms with Gasteiger partial charge < -0.3 is 10.2 Å². The van der Waals surface area contributed by atoms with Gasteiger partial charge in [0.2, 0.25) is 5.91 Å². The summed E-state index contributed by atoms with van der Waals surface area (Å²) in [6.45, 7) is 3.53. The molecule has 144 valence electrons. The molecule has 0 saturated carbocycles. The summed E-state index contributed by atoms with van der Waals surface area (Å²) in [6, 6.07) is 13.8. The van der Waals surface area contributed by atoms with Crippen LogP contribution in [0.3, 0.4) is 0 Å². The van der Waals surface area contributed by atoms with Crippen LogP contribution < -0.4 is 10.2 Å². The number of piperidine rings is 1. The second-order valence-corrected chi connectivity index (χ2v) is 7.02. The van der Waals surface area contributed by atoms with Crippen LogP contribution in [0.15, 0.2) is 55.1 Å². The number of nitrogens with one attached hydrogen (secondary N) is 1. The number of nitrogens with zero attached hydrogens (tertiary/aromatic N) is 6. The van der Waals surface area contributed by atoms with Crippen molar-refractivity contribution in [3.05, 3.63) is 60.7 Å². The summed E-state index contributed by atoms with van der Waals surface area (Å²) in [5.41, 5.74) is 1.11. The van der Waals surface area contributed by atoms with Gasteiger partial charge in [-0.3, -0.25) is 4.79 Å². The molecule has 1 fully saturated rings. The fourth-order valence-electron chi connectivity index (χ4n) is 3.49. The van der Waals surface area contributed by atoms with Gasteiger partial charge in [-0.15, -0.1) is 10.2 Å². The van der Waals surface area contributed by atoms with E-state index < -0.39 is 0 Å². The molecule has 1 saturated heterocycles. The topological polar surface area (TPSA) is 88.8 Å². The number of carbonyl (C=O) groups is 1. The summed E-state index contributed by atoms with van der Waals surface area (Å²) in [5, 5.41) is 15.7. The molecule has 0 unspecified atom stereocenters. The number of rotatable bonds is 5. The Labute approximate surface area is 163 Å². The van der Waals surface area contributed by atoms with E-state index in [0.29, 0.717) is 12.4 Å². The Kier molecular flexibility index (Phi) is 5.27. The first-order valence-corrected chi connectivity index (χ1v) is 9.50. The van der Waals surface area contributed by atoms with E-state index in [1.165, 1.54) is 6.33 Å². The van der Waals surface area contributed by atoms with Crippen LogP contribution in [-0.2, 0) is 4.79 Å². The van der Waals surface area contributed by atoms with Gasteiger partial charge in [-0.05, 0) is 37.5 Å². The average Bonchev–Trinajstić information content (AvgIpc) is 3.29. The van der Waals surface area contributed by atoms with Gasteiger partial charge in [0.25, 0.3) is 0 Å². The van der Waals surface area contributed by atoms with Gasteiger partial charge in [0.15, 0.2) is 11.6 Å².